The third kappa shape index (κ3) is 1.85. The van der Waals surface area contributed by atoms with E-state index in [1.165, 1.54) is 4.68 Å². The highest BCUT2D eigenvalue weighted by Crippen LogP contribution is 2.15. The summed E-state index contributed by atoms with van der Waals surface area (Å²) in [5.41, 5.74) is 6.75. The summed E-state index contributed by atoms with van der Waals surface area (Å²) in [6, 6.07) is 0. The molecule has 0 aliphatic heterocycles. The molecule has 0 bridgehead atoms. The minimum atomic E-state index is -0.570. The number of nitrogen functional groups attached to an aromatic ring is 1. The number of hydrogen-bond donors (Lipinski definition) is 2. The lowest BCUT2D eigenvalue weighted by Crippen LogP contribution is -2.14. The van der Waals surface area contributed by atoms with Crippen molar-refractivity contribution in [3.63, 3.8) is 0 Å². The monoisotopic (exact) mass is 199 g/mol. The lowest BCUT2D eigenvalue weighted by atomic mass is 10.3. The number of rotatable bonds is 3. The SMILES string of the molecule is Cc1nn(C)c(C(=O)OCCO)c1N. The molecule has 0 saturated carbocycles. The van der Waals surface area contributed by atoms with Crippen molar-refractivity contribution < 1.29 is 14.6 Å². The molecule has 0 amide bonds. The lowest BCUT2D eigenvalue weighted by molar-refractivity contribution is 0.0422. The molecule has 0 saturated heterocycles. The van der Waals surface area contributed by atoms with Crippen LogP contribution in [0.2, 0.25) is 0 Å². The first-order chi connectivity index (χ1) is 6.57. The number of hydrogen-bond acceptors (Lipinski definition) is 5. The Balaban J connectivity index is 2.89. The maximum absolute atomic E-state index is 11.4. The topological polar surface area (TPSA) is 90.4 Å². The first-order valence-electron chi connectivity index (χ1n) is 4.15. The standard InChI is InChI=1S/C8H13N3O3/c1-5-6(9)7(11(2)10-5)8(13)14-4-3-12/h12H,3-4,9H2,1-2H3. The molecule has 0 spiro atoms. The molecule has 0 unspecified atom stereocenters. The fourth-order valence-electron chi connectivity index (χ4n) is 1.12. The van der Waals surface area contributed by atoms with Gasteiger partial charge < -0.3 is 15.6 Å². The third-order valence-electron chi connectivity index (χ3n) is 1.79. The van der Waals surface area contributed by atoms with Crippen LogP contribution < -0.4 is 5.73 Å². The summed E-state index contributed by atoms with van der Waals surface area (Å²) >= 11 is 0. The van der Waals surface area contributed by atoms with Crippen LogP contribution in [0.4, 0.5) is 5.69 Å². The Morgan fingerprint density at radius 1 is 1.71 bits per heavy atom. The van der Waals surface area contributed by atoms with E-state index in [0.29, 0.717) is 11.4 Å². The van der Waals surface area contributed by atoms with E-state index in [0.717, 1.165) is 0 Å². The minimum absolute atomic E-state index is 0.0392. The molecule has 3 N–H and O–H groups in total. The van der Waals surface area contributed by atoms with E-state index in [2.05, 4.69) is 5.10 Å². The smallest absolute Gasteiger partial charge is 0.358 e. The van der Waals surface area contributed by atoms with Crippen LogP contribution in [0.3, 0.4) is 0 Å². The van der Waals surface area contributed by atoms with Crippen molar-refractivity contribution in [2.24, 2.45) is 7.05 Å². The van der Waals surface area contributed by atoms with Crippen LogP contribution >= 0.6 is 0 Å². The summed E-state index contributed by atoms with van der Waals surface area (Å²) in [7, 11) is 1.61. The van der Waals surface area contributed by atoms with Gasteiger partial charge in [0.1, 0.15) is 6.61 Å². The van der Waals surface area contributed by atoms with Crippen LogP contribution in [0, 0.1) is 6.92 Å². The Labute approximate surface area is 81.3 Å². The van der Waals surface area contributed by atoms with E-state index in [4.69, 9.17) is 15.6 Å². The number of carbonyl (C=O) groups excluding carboxylic acids is 1. The molecule has 14 heavy (non-hydrogen) atoms. The van der Waals surface area contributed by atoms with Crippen molar-refractivity contribution in [1.82, 2.24) is 9.78 Å². The molecule has 1 aromatic rings. The van der Waals surface area contributed by atoms with Crippen molar-refractivity contribution in [1.29, 1.82) is 0 Å². The fourth-order valence-corrected chi connectivity index (χ4v) is 1.12. The zero-order chi connectivity index (χ0) is 10.7. The molecule has 6 heteroatoms. The predicted octanol–water partition coefficient (Wildman–Crippen LogP) is -0.540. The Bertz CT molecular complexity index is 346. The van der Waals surface area contributed by atoms with E-state index < -0.39 is 5.97 Å². The average molecular weight is 199 g/mol. The molecule has 1 rings (SSSR count). The molecule has 0 radical (unpaired) electrons. The maximum atomic E-state index is 11.4. The summed E-state index contributed by atoms with van der Waals surface area (Å²) in [5, 5.41) is 12.4. The molecule has 0 aliphatic rings. The molecule has 0 fully saturated rings. The molecule has 0 aromatic carbocycles. The van der Waals surface area contributed by atoms with Gasteiger partial charge in [-0.2, -0.15) is 5.10 Å². The number of ether oxygens (including phenoxy) is 1. The van der Waals surface area contributed by atoms with Crippen molar-refractivity contribution in [2.75, 3.05) is 18.9 Å². The Morgan fingerprint density at radius 2 is 2.36 bits per heavy atom. The first kappa shape index (κ1) is 10.5. The Morgan fingerprint density at radius 3 is 2.79 bits per heavy atom. The Kier molecular flexibility index (Phi) is 3.08. The molecule has 0 aliphatic carbocycles. The number of anilines is 1. The summed E-state index contributed by atoms with van der Waals surface area (Å²) in [6.07, 6.45) is 0. The van der Waals surface area contributed by atoms with Crippen molar-refractivity contribution in [3.05, 3.63) is 11.4 Å². The van der Waals surface area contributed by atoms with E-state index >= 15 is 0 Å². The second-order valence-electron chi connectivity index (χ2n) is 2.83. The highest BCUT2D eigenvalue weighted by molar-refractivity contribution is 5.93. The van der Waals surface area contributed by atoms with Crippen LogP contribution in [-0.4, -0.2) is 34.1 Å². The summed E-state index contributed by atoms with van der Waals surface area (Å²) in [6.45, 7) is 1.46. The Hall–Kier alpha value is -1.56. The number of esters is 1. The molecule has 6 nitrogen and oxygen atoms in total. The van der Waals surface area contributed by atoms with Gasteiger partial charge in [-0.3, -0.25) is 4.68 Å². The highest BCUT2D eigenvalue weighted by atomic mass is 16.5. The number of aliphatic hydroxyl groups excluding tert-OH is 1. The van der Waals surface area contributed by atoms with Gasteiger partial charge in [-0.25, -0.2) is 4.79 Å². The largest absolute Gasteiger partial charge is 0.458 e. The lowest BCUT2D eigenvalue weighted by Gasteiger charge is -2.03. The quantitative estimate of drug-likeness (QED) is 0.638. The van der Waals surface area contributed by atoms with Gasteiger partial charge in [-0.05, 0) is 6.92 Å². The summed E-state index contributed by atoms with van der Waals surface area (Å²) < 4.78 is 6.09. The number of aromatic nitrogens is 2. The maximum Gasteiger partial charge on any atom is 0.358 e. The fraction of sp³-hybridized carbons (Fsp3) is 0.500. The second kappa shape index (κ2) is 4.10. The minimum Gasteiger partial charge on any atom is -0.458 e. The zero-order valence-electron chi connectivity index (χ0n) is 8.15. The van der Waals surface area contributed by atoms with Crippen LogP contribution in [0.25, 0.3) is 0 Å². The van der Waals surface area contributed by atoms with Gasteiger partial charge in [0.25, 0.3) is 0 Å². The van der Waals surface area contributed by atoms with E-state index in [1.54, 1.807) is 14.0 Å². The first-order valence-corrected chi connectivity index (χ1v) is 4.15. The second-order valence-corrected chi connectivity index (χ2v) is 2.83. The van der Waals surface area contributed by atoms with Gasteiger partial charge >= 0.3 is 5.97 Å². The highest BCUT2D eigenvalue weighted by Gasteiger charge is 2.18. The number of nitrogens with two attached hydrogens (primary N) is 1. The number of carbonyl (C=O) groups is 1. The number of nitrogens with zero attached hydrogens (tertiary/aromatic N) is 2. The van der Waals surface area contributed by atoms with Gasteiger partial charge in [0.15, 0.2) is 5.69 Å². The van der Waals surface area contributed by atoms with Gasteiger partial charge in [0.2, 0.25) is 0 Å². The summed E-state index contributed by atoms with van der Waals surface area (Å²) in [4.78, 5) is 11.4. The third-order valence-corrected chi connectivity index (χ3v) is 1.79. The predicted molar refractivity (Wildman–Crippen MR) is 49.7 cm³/mol. The molecular weight excluding hydrogens is 186 g/mol. The number of aliphatic hydroxyl groups is 1. The van der Waals surface area contributed by atoms with E-state index in [-0.39, 0.29) is 18.9 Å². The molecule has 78 valence electrons. The van der Waals surface area contributed by atoms with Gasteiger partial charge in [0.05, 0.1) is 18.0 Å². The average Bonchev–Trinajstić information content (AvgIpc) is 2.38. The van der Waals surface area contributed by atoms with Gasteiger partial charge in [-0.1, -0.05) is 0 Å². The van der Waals surface area contributed by atoms with E-state index in [1.807, 2.05) is 0 Å². The van der Waals surface area contributed by atoms with Crippen LogP contribution in [0.5, 0.6) is 0 Å². The van der Waals surface area contributed by atoms with Crippen molar-refractivity contribution in [3.8, 4) is 0 Å². The number of aryl methyl sites for hydroxylation is 2. The normalized spacial score (nSPS) is 10.2. The van der Waals surface area contributed by atoms with Crippen molar-refractivity contribution in [2.45, 2.75) is 6.92 Å². The van der Waals surface area contributed by atoms with E-state index in [9.17, 15) is 4.79 Å². The van der Waals surface area contributed by atoms with Crippen LogP contribution in [-0.2, 0) is 11.8 Å². The van der Waals surface area contributed by atoms with Crippen LogP contribution in [0.1, 0.15) is 16.2 Å². The molecular formula is C8H13N3O3. The zero-order valence-corrected chi connectivity index (χ0v) is 8.15. The molecule has 0 atom stereocenters. The van der Waals surface area contributed by atoms with Gasteiger partial charge in [0, 0.05) is 7.05 Å². The van der Waals surface area contributed by atoms with Crippen LogP contribution in [0.15, 0.2) is 0 Å². The summed E-state index contributed by atoms with van der Waals surface area (Å²) in [5.74, 6) is -0.570. The molecule has 1 aromatic heterocycles. The van der Waals surface area contributed by atoms with Gasteiger partial charge in [-0.15, -0.1) is 0 Å². The molecule has 1 heterocycles. The van der Waals surface area contributed by atoms with Crippen molar-refractivity contribution >= 4 is 11.7 Å².